The highest BCUT2D eigenvalue weighted by Crippen LogP contribution is 2.29. The van der Waals surface area contributed by atoms with Crippen LogP contribution in [0.2, 0.25) is 5.02 Å². The number of nitrogens with zero attached hydrogens (tertiary/aromatic N) is 5. The first kappa shape index (κ1) is 19.7. The fraction of sp³-hybridized carbons (Fsp3) is 0.273. The van der Waals surface area contributed by atoms with Gasteiger partial charge in [-0.25, -0.2) is 4.98 Å². The van der Waals surface area contributed by atoms with Gasteiger partial charge in [0.1, 0.15) is 12.0 Å². The Bertz CT molecular complexity index is 1240. The molecule has 0 saturated carbocycles. The molecule has 1 aliphatic rings. The number of carbonyl (C=O) groups is 1. The number of H-pyrrole nitrogens is 1. The van der Waals surface area contributed by atoms with Crippen LogP contribution in [-0.4, -0.2) is 61.8 Å². The van der Waals surface area contributed by atoms with Crippen LogP contribution in [0.1, 0.15) is 23.2 Å². The standard InChI is InChI=1S/C22H21ClN6O2/c1-31-17-3-2-7-28(12-17)22(30)15-9-14-6-8-29(21(14)24-11-15)16-4-5-18(19(23)10-16)20-25-13-26-27-20/h4-6,8-11,13,17H,2-3,7,12H2,1H3,(H,25,26,27)/t17-/m1/s1. The lowest BCUT2D eigenvalue weighted by molar-refractivity contribution is 0.0269. The summed E-state index contributed by atoms with van der Waals surface area (Å²) in [5, 5.41) is 9.26. The molecule has 8 nitrogen and oxygen atoms in total. The molecular formula is C22H21ClN6O2. The van der Waals surface area contributed by atoms with Gasteiger partial charge in [-0.05, 0) is 43.2 Å². The molecule has 0 unspecified atom stereocenters. The molecular weight excluding hydrogens is 416 g/mol. The van der Waals surface area contributed by atoms with Gasteiger partial charge < -0.3 is 19.2 Å². The fourth-order valence-corrected chi connectivity index (χ4v) is 4.29. The number of hydrogen-bond acceptors (Lipinski definition) is 5. The summed E-state index contributed by atoms with van der Waals surface area (Å²) >= 11 is 6.48. The van der Waals surface area contributed by atoms with Gasteiger partial charge in [0.2, 0.25) is 0 Å². The molecule has 0 bridgehead atoms. The van der Waals surface area contributed by atoms with E-state index in [4.69, 9.17) is 16.3 Å². The second-order valence-corrected chi connectivity index (χ2v) is 7.98. The summed E-state index contributed by atoms with van der Waals surface area (Å²) in [7, 11) is 1.69. The SMILES string of the molecule is CO[C@@H]1CCCN(C(=O)c2cnc3c(ccn3-c3ccc(-c4nnc[nH]4)c(Cl)c3)c2)C1. The maximum Gasteiger partial charge on any atom is 0.255 e. The summed E-state index contributed by atoms with van der Waals surface area (Å²) in [5.41, 5.74) is 2.99. The molecule has 1 aliphatic heterocycles. The Balaban J connectivity index is 1.43. The molecule has 4 aromatic rings. The summed E-state index contributed by atoms with van der Waals surface area (Å²) in [6.45, 7) is 1.36. The molecule has 9 heteroatoms. The highest BCUT2D eigenvalue weighted by Gasteiger charge is 2.25. The van der Waals surface area contributed by atoms with Crippen molar-refractivity contribution >= 4 is 28.5 Å². The van der Waals surface area contributed by atoms with Crippen molar-refractivity contribution in [3.8, 4) is 17.1 Å². The van der Waals surface area contributed by atoms with Crippen molar-refractivity contribution in [3.63, 3.8) is 0 Å². The van der Waals surface area contributed by atoms with E-state index in [1.165, 1.54) is 6.33 Å². The smallest absolute Gasteiger partial charge is 0.255 e. The van der Waals surface area contributed by atoms with Gasteiger partial charge in [0.05, 0.1) is 16.7 Å². The number of nitrogens with one attached hydrogen (secondary N) is 1. The molecule has 1 N–H and O–H groups in total. The maximum absolute atomic E-state index is 13.0. The highest BCUT2D eigenvalue weighted by molar-refractivity contribution is 6.33. The Morgan fingerprint density at radius 1 is 1.29 bits per heavy atom. The van der Waals surface area contributed by atoms with Crippen molar-refractivity contribution in [1.82, 2.24) is 29.6 Å². The van der Waals surface area contributed by atoms with Crippen molar-refractivity contribution in [2.75, 3.05) is 20.2 Å². The molecule has 1 saturated heterocycles. The number of ether oxygens (including phenoxy) is 1. The van der Waals surface area contributed by atoms with Crippen LogP contribution in [0, 0.1) is 0 Å². The number of amides is 1. The van der Waals surface area contributed by atoms with Crippen molar-refractivity contribution < 1.29 is 9.53 Å². The third-order valence-electron chi connectivity index (χ3n) is 5.67. The number of aromatic nitrogens is 5. The second-order valence-electron chi connectivity index (χ2n) is 7.58. The fourth-order valence-electron chi connectivity index (χ4n) is 4.03. The number of fused-ring (bicyclic) bond motifs is 1. The van der Waals surface area contributed by atoms with Crippen LogP contribution >= 0.6 is 11.6 Å². The molecule has 158 valence electrons. The number of likely N-dealkylation sites (tertiary alicyclic amines) is 1. The zero-order valence-corrected chi connectivity index (χ0v) is 17.7. The van der Waals surface area contributed by atoms with Gasteiger partial charge in [0.15, 0.2) is 5.82 Å². The minimum Gasteiger partial charge on any atom is -0.380 e. The molecule has 1 amide bonds. The van der Waals surface area contributed by atoms with Gasteiger partial charge in [-0.15, -0.1) is 10.2 Å². The van der Waals surface area contributed by atoms with E-state index in [0.717, 1.165) is 41.7 Å². The molecule has 1 atom stereocenters. The molecule has 31 heavy (non-hydrogen) atoms. The summed E-state index contributed by atoms with van der Waals surface area (Å²) in [6, 6.07) is 9.54. The van der Waals surface area contributed by atoms with E-state index in [1.54, 1.807) is 13.3 Å². The first-order valence-electron chi connectivity index (χ1n) is 10.1. The van der Waals surface area contributed by atoms with Gasteiger partial charge in [0.25, 0.3) is 5.91 Å². The Kier molecular flexibility index (Phi) is 5.17. The lowest BCUT2D eigenvalue weighted by Crippen LogP contribution is -2.42. The lowest BCUT2D eigenvalue weighted by atomic mass is 10.1. The van der Waals surface area contributed by atoms with Gasteiger partial charge in [-0.1, -0.05) is 11.6 Å². The Hall–Kier alpha value is -3.23. The average Bonchev–Trinajstić information content (AvgIpc) is 3.48. The summed E-state index contributed by atoms with van der Waals surface area (Å²) < 4.78 is 7.38. The van der Waals surface area contributed by atoms with Gasteiger partial charge in [-0.3, -0.25) is 4.79 Å². The van der Waals surface area contributed by atoms with Crippen molar-refractivity contribution in [1.29, 1.82) is 0 Å². The van der Waals surface area contributed by atoms with Crippen molar-refractivity contribution in [2.24, 2.45) is 0 Å². The topological polar surface area (TPSA) is 88.9 Å². The summed E-state index contributed by atoms with van der Waals surface area (Å²) in [5.74, 6) is 0.604. The Labute approximate surface area is 183 Å². The second kappa shape index (κ2) is 8.13. The minimum atomic E-state index is -0.0108. The lowest BCUT2D eigenvalue weighted by Gasteiger charge is -2.31. The Morgan fingerprint density at radius 3 is 2.97 bits per heavy atom. The van der Waals surface area contributed by atoms with Gasteiger partial charge in [0, 0.05) is 49.2 Å². The van der Waals surface area contributed by atoms with E-state index in [0.29, 0.717) is 23.0 Å². The van der Waals surface area contributed by atoms with Crippen LogP contribution in [0.3, 0.4) is 0 Å². The average molecular weight is 437 g/mol. The summed E-state index contributed by atoms with van der Waals surface area (Å²) in [4.78, 5) is 22.4. The van der Waals surface area contributed by atoms with Crippen LogP contribution < -0.4 is 0 Å². The number of carbonyl (C=O) groups excluding carboxylic acids is 1. The zero-order valence-electron chi connectivity index (χ0n) is 17.0. The number of halogens is 1. The van der Waals surface area contributed by atoms with Crippen LogP contribution in [-0.2, 0) is 4.74 Å². The molecule has 4 heterocycles. The number of pyridine rings is 1. The van der Waals surface area contributed by atoms with E-state index in [1.807, 2.05) is 46.0 Å². The van der Waals surface area contributed by atoms with E-state index in [-0.39, 0.29) is 12.0 Å². The molecule has 5 rings (SSSR count). The van der Waals surface area contributed by atoms with Gasteiger partial charge in [-0.2, -0.15) is 0 Å². The Morgan fingerprint density at radius 2 is 2.19 bits per heavy atom. The number of hydrogen-bond donors (Lipinski definition) is 1. The van der Waals surface area contributed by atoms with E-state index in [9.17, 15) is 4.79 Å². The number of piperidine rings is 1. The molecule has 1 fully saturated rings. The van der Waals surface area contributed by atoms with Crippen molar-refractivity contribution in [2.45, 2.75) is 18.9 Å². The minimum absolute atomic E-state index is 0.0108. The van der Waals surface area contributed by atoms with Crippen molar-refractivity contribution in [3.05, 3.63) is 59.6 Å². The van der Waals surface area contributed by atoms with E-state index in [2.05, 4.69) is 20.2 Å². The molecule has 3 aromatic heterocycles. The predicted molar refractivity (Wildman–Crippen MR) is 117 cm³/mol. The third kappa shape index (κ3) is 3.68. The van der Waals surface area contributed by atoms with Crippen LogP contribution in [0.4, 0.5) is 0 Å². The monoisotopic (exact) mass is 436 g/mol. The quantitative estimate of drug-likeness (QED) is 0.526. The largest absolute Gasteiger partial charge is 0.380 e. The first-order chi connectivity index (χ1) is 15.1. The van der Waals surface area contributed by atoms with Gasteiger partial charge >= 0.3 is 0 Å². The third-order valence-corrected chi connectivity index (χ3v) is 5.99. The van der Waals surface area contributed by atoms with E-state index >= 15 is 0 Å². The normalized spacial score (nSPS) is 16.7. The predicted octanol–water partition coefficient (Wildman–Crippen LogP) is 3.72. The number of methoxy groups -OCH3 is 1. The van der Waals surface area contributed by atoms with Crippen LogP contribution in [0.15, 0.2) is 49.1 Å². The molecule has 0 radical (unpaired) electrons. The first-order valence-corrected chi connectivity index (χ1v) is 10.5. The molecule has 1 aromatic carbocycles. The molecule has 0 aliphatic carbocycles. The van der Waals surface area contributed by atoms with Crippen LogP contribution in [0.25, 0.3) is 28.1 Å². The van der Waals surface area contributed by atoms with Crippen LogP contribution in [0.5, 0.6) is 0 Å². The highest BCUT2D eigenvalue weighted by atomic mass is 35.5. The molecule has 0 spiro atoms. The number of rotatable bonds is 4. The number of aromatic amines is 1. The summed E-state index contributed by atoms with van der Waals surface area (Å²) in [6.07, 6.45) is 7.11. The number of benzene rings is 1. The van der Waals surface area contributed by atoms with E-state index < -0.39 is 0 Å². The maximum atomic E-state index is 13.0. The zero-order chi connectivity index (χ0) is 21.4.